The van der Waals surface area contributed by atoms with Crippen LogP contribution in [0.15, 0.2) is 132 Å². The Bertz CT molecular complexity index is 2790. The van der Waals surface area contributed by atoms with Gasteiger partial charge in [0.15, 0.2) is 5.76 Å². The zero-order chi connectivity index (χ0) is 60.6. The molecule has 86 heavy (non-hydrogen) atoms. The van der Waals surface area contributed by atoms with Gasteiger partial charge in [0, 0.05) is 113 Å². The molecule has 1 aromatic carbocycles. The number of piperidine rings is 3. The number of aromatic nitrogens is 3. The number of ether oxygens (including phenoxy) is 2. The lowest BCUT2D eigenvalue weighted by Crippen LogP contribution is -2.38. The fourth-order valence-corrected chi connectivity index (χ4v) is 11.4. The Labute approximate surface area is 508 Å². The van der Waals surface area contributed by atoms with E-state index in [4.69, 9.17) is 13.9 Å². The summed E-state index contributed by atoms with van der Waals surface area (Å²) in [6.45, 7) is 6.73. The third-order valence-electron chi connectivity index (χ3n) is 15.6. The van der Waals surface area contributed by atoms with E-state index in [1.165, 1.54) is 17.6 Å². The number of pyridine rings is 3. The molecule has 22 heteroatoms. The molecule has 3 saturated heterocycles. The van der Waals surface area contributed by atoms with Crippen LogP contribution < -0.4 is 41.4 Å². The molecule has 8 heterocycles. The summed E-state index contributed by atoms with van der Waals surface area (Å²) in [5, 5.41) is 18.9. The third kappa shape index (κ3) is 22.1. The van der Waals surface area contributed by atoms with Crippen LogP contribution in [-0.2, 0) is 0 Å². The van der Waals surface area contributed by atoms with Crippen molar-refractivity contribution in [3.05, 3.63) is 144 Å². The average molecular weight is 1200 g/mol. The van der Waals surface area contributed by atoms with Crippen molar-refractivity contribution < 1.29 is 42.7 Å². The Balaban J connectivity index is 0.000000185. The highest BCUT2D eigenvalue weighted by Gasteiger charge is 2.29. The number of likely N-dealkylation sites (tertiary alicyclic amines) is 3. The third-order valence-corrected chi connectivity index (χ3v) is 16.5. The Morgan fingerprint density at radius 2 is 0.860 bits per heavy atom. The van der Waals surface area contributed by atoms with E-state index in [0.717, 1.165) is 158 Å². The molecule has 6 aromatic rings. The summed E-state index contributed by atoms with van der Waals surface area (Å²) in [6.07, 6.45) is 27.1. The number of carbonyl (C=O) groups is 6. The van der Waals surface area contributed by atoms with E-state index in [1.54, 1.807) is 112 Å². The van der Waals surface area contributed by atoms with Crippen LogP contribution in [0.1, 0.15) is 127 Å². The van der Waals surface area contributed by atoms with Crippen LogP contribution in [0, 0.1) is 17.8 Å². The summed E-state index contributed by atoms with van der Waals surface area (Å²) in [5.74, 6) is 3.56. The van der Waals surface area contributed by atoms with E-state index in [-0.39, 0.29) is 35.8 Å². The number of benzene rings is 1. The molecule has 9 rings (SSSR count). The number of methoxy groups -OCH3 is 2. The lowest BCUT2D eigenvalue weighted by atomic mass is 9.91. The molecule has 3 aliphatic rings. The molecule has 3 fully saturated rings. The minimum atomic E-state index is -0.199. The molecule has 0 aliphatic carbocycles. The Morgan fingerprint density at radius 3 is 1.21 bits per heavy atom. The first kappa shape index (κ1) is 65.0. The minimum absolute atomic E-state index is 0.0112. The highest BCUT2D eigenvalue weighted by Crippen LogP contribution is 2.32. The molecule has 3 aliphatic heterocycles. The average Bonchev–Trinajstić information content (AvgIpc) is 3.29. The van der Waals surface area contributed by atoms with E-state index in [2.05, 4.69) is 46.9 Å². The van der Waals surface area contributed by atoms with Crippen molar-refractivity contribution in [2.24, 2.45) is 17.8 Å². The van der Waals surface area contributed by atoms with Gasteiger partial charge in [0.05, 0.1) is 25.4 Å². The van der Waals surface area contributed by atoms with Gasteiger partial charge < -0.3 is 60.5 Å². The maximum atomic E-state index is 13.1. The number of hydrogen-bond donors (Lipinski definition) is 6. The molecule has 9 amide bonds. The summed E-state index contributed by atoms with van der Waals surface area (Å²) in [4.78, 5) is 91.5. The monoisotopic (exact) mass is 1200 g/mol. The summed E-state index contributed by atoms with van der Waals surface area (Å²) in [7, 11) is 3.13. The van der Waals surface area contributed by atoms with Crippen molar-refractivity contribution in [2.45, 2.75) is 96.3 Å². The maximum absolute atomic E-state index is 13.1. The van der Waals surface area contributed by atoms with Crippen molar-refractivity contribution in [2.75, 3.05) is 89.1 Å². The molecule has 21 nitrogen and oxygen atoms in total. The summed E-state index contributed by atoms with van der Waals surface area (Å²) in [5.41, 5.74) is 2.70. The lowest BCUT2D eigenvalue weighted by molar-refractivity contribution is 0.0651. The van der Waals surface area contributed by atoms with Crippen LogP contribution in [0.2, 0.25) is 0 Å². The van der Waals surface area contributed by atoms with Gasteiger partial charge in [-0.3, -0.25) is 29.3 Å². The summed E-state index contributed by atoms with van der Waals surface area (Å²) >= 11 is 1.51. The fraction of sp³-hybridized carbons (Fsp3) is 0.453. The molecule has 0 bridgehead atoms. The molecular weight excluding hydrogens is 1110 g/mol. The quantitative estimate of drug-likeness (QED) is 0.0328. The zero-order valence-corrected chi connectivity index (χ0v) is 50.4. The predicted octanol–water partition coefficient (Wildman–Crippen LogP) is 11.4. The molecule has 0 atom stereocenters. The van der Waals surface area contributed by atoms with Crippen molar-refractivity contribution in [1.82, 2.24) is 45.6 Å². The number of hydrogen-bond acceptors (Lipinski definition) is 13. The number of unbranched alkanes of at least 4 members (excludes halogenated alkanes) is 3. The van der Waals surface area contributed by atoms with E-state index in [9.17, 15) is 28.8 Å². The normalized spacial score (nSPS) is 14.5. The maximum Gasteiger partial charge on any atom is 0.319 e. The number of anilines is 3. The SMILES string of the molecule is COc1cccc(OC)c1C(=O)N1CCC(CCCCNC(=O)Nc2ccncc2)CC1.O=C(NCCCCC1CCN(C(=O)c2ccco2)CC1)Nc1ccncc1.O=C(NCCCCC1CCN(C(=O)c2cccs2)CC1)Nc1ccncc1. The van der Waals surface area contributed by atoms with Gasteiger partial charge in [0.2, 0.25) is 0 Å². The van der Waals surface area contributed by atoms with Crippen molar-refractivity contribution in [1.29, 1.82) is 0 Å². The number of nitrogens with zero attached hydrogens (tertiary/aromatic N) is 6. The van der Waals surface area contributed by atoms with Crippen molar-refractivity contribution in [3.63, 3.8) is 0 Å². The molecule has 0 radical (unpaired) electrons. The highest BCUT2D eigenvalue weighted by atomic mass is 32.1. The molecular formula is C64H84N12O9S. The zero-order valence-electron chi connectivity index (χ0n) is 49.6. The van der Waals surface area contributed by atoms with Gasteiger partial charge in [-0.15, -0.1) is 11.3 Å². The number of thiophene rings is 1. The fourth-order valence-electron chi connectivity index (χ4n) is 10.7. The van der Waals surface area contributed by atoms with Crippen LogP contribution >= 0.6 is 11.3 Å². The number of urea groups is 3. The summed E-state index contributed by atoms with van der Waals surface area (Å²) < 4.78 is 16.0. The standard InChI is InChI=1S/C24H32N4O4.C20H26N4O3.C20H26N4O2S/c1-31-20-7-5-8-21(32-2)22(20)23(29)28-16-11-18(12-17-28)6-3-4-13-26-24(30)27-19-9-14-25-15-10-19;2*25-19(18-5-3-15-27-18)24-13-8-16(9-14-24)4-1-2-10-22-20(26)23-17-6-11-21-12-7-17/h5,7-10,14-15,18H,3-4,6,11-13,16-17H2,1-2H3,(H2,25,26,27,30);2*3,5-7,11-12,15-16H,1-2,4,8-10,13-14H2,(H2,21,22,23,26). The van der Waals surface area contributed by atoms with Crippen molar-refractivity contribution in [3.8, 4) is 11.5 Å². The molecule has 6 N–H and O–H groups in total. The number of carbonyl (C=O) groups excluding carboxylic acids is 6. The number of amides is 9. The molecule has 0 saturated carbocycles. The highest BCUT2D eigenvalue weighted by molar-refractivity contribution is 7.12. The second-order valence-corrected chi connectivity index (χ2v) is 22.5. The van der Waals surface area contributed by atoms with Gasteiger partial charge in [0.1, 0.15) is 17.1 Å². The topological polar surface area (TPSA) is 255 Å². The van der Waals surface area contributed by atoms with Gasteiger partial charge in [-0.1, -0.05) is 50.7 Å². The second-order valence-electron chi connectivity index (χ2n) is 21.5. The Hall–Kier alpha value is -8.53. The minimum Gasteiger partial charge on any atom is -0.496 e. The number of nitrogens with one attached hydrogen (secondary N) is 6. The summed E-state index contributed by atoms with van der Waals surface area (Å²) in [6, 6.07) is 22.6. The van der Waals surface area contributed by atoms with E-state index in [1.807, 2.05) is 38.3 Å². The van der Waals surface area contributed by atoms with Crippen LogP contribution in [0.25, 0.3) is 0 Å². The molecule has 0 spiro atoms. The Morgan fingerprint density at radius 1 is 0.477 bits per heavy atom. The smallest absolute Gasteiger partial charge is 0.319 e. The van der Waals surface area contributed by atoms with Gasteiger partial charge in [-0.25, -0.2) is 14.4 Å². The first-order chi connectivity index (χ1) is 42.1. The first-order valence-corrected chi connectivity index (χ1v) is 30.9. The van der Waals surface area contributed by atoms with Gasteiger partial charge in [-0.05, 0) is 148 Å². The number of furan rings is 1. The molecule has 5 aromatic heterocycles. The van der Waals surface area contributed by atoms with Gasteiger partial charge in [0.25, 0.3) is 17.7 Å². The number of rotatable bonds is 23. The lowest BCUT2D eigenvalue weighted by Gasteiger charge is -2.32. The van der Waals surface area contributed by atoms with Crippen LogP contribution in [0.3, 0.4) is 0 Å². The second kappa shape index (κ2) is 36.3. The van der Waals surface area contributed by atoms with Crippen LogP contribution in [0.4, 0.5) is 31.4 Å². The van der Waals surface area contributed by atoms with E-state index < -0.39 is 0 Å². The van der Waals surface area contributed by atoms with Crippen LogP contribution in [0.5, 0.6) is 11.5 Å². The van der Waals surface area contributed by atoms with Gasteiger partial charge >= 0.3 is 18.1 Å². The van der Waals surface area contributed by atoms with Crippen molar-refractivity contribution >= 4 is 64.2 Å². The molecule has 0 unspecified atom stereocenters. The van der Waals surface area contributed by atoms with Gasteiger partial charge in [-0.2, -0.15) is 0 Å². The first-order valence-electron chi connectivity index (χ1n) is 30.1. The van der Waals surface area contributed by atoms with E-state index >= 15 is 0 Å². The largest absolute Gasteiger partial charge is 0.496 e. The predicted molar refractivity (Wildman–Crippen MR) is 334 cm³/mol. The Kier molecular flexibility index (Phi) is 27.5. The van der Waals surface area contributed by atoms with E-state index in [0.29, 0.717) is 60.2 Å². The van der Waals surface area contributed by atoms with Crippen LogP contribution in [-0.4, -0.2) is 139 Å². The molecule has 460 valence electrons.